The van der Waals surface area contributed by atoms with Gasteiger partial charge in [0.05, 0.1) is 11.9 Å². The number of likely N-dealkylation sites (N-methyl/N-ethyl adjacent to an activating group) is 1. The summed E-state index contributed by atoms with van der Waals surface area (Å²) in [5, 5.41) is 3.37. The molecule has 0 radical (unpaired) electrons. The van der Waals surface area contributed by atoms with Crippen LogP contribution in [-0.2, 0) is 6.54 Å². The molecule has 0 aliphatic carbocycles. The lowest BCUT2D eigenvalue weighted by Crippen LogP contribution is -2.32. The molecule has 0 bridgehead atoms. The summed E-state index contributed by atoms with van der Waals surface area (Å²) in [6.45, 7) is 8.63. The predicted molar refractivity (Wildman–Crippen MR) is 83.0 cm³/mol. The zero-order valence-electron chi connectivity index (χ0n) is 12.8. The van der Waals surface area contributed by atoms with Crippen molar-refractivity contribution in [2.75, 3.05) is 44.7 Å². The molecule has 0 unspecified atom stereocenters. The van der Waals surface area contributed by atoms with E-state index in [1.807, 2.05) is 12.4 Å². The van der Waals surface area contributed by atoms with Gasteiger partial charge in [0.25, 0.3) is 0 Å². The zero-order valence-corrected chi connectivity index (χ0v) is 12.8. The van der Waals surface area contributed by atoms with Crippen LogP contribution < -0.4 is 10.2 Å². The van der Waals surface area contributed by atoms with Crippen molar-refractivity contribution in [1.29, 1.82) is 0 Å². The average Bonchev–Trinajstić information content (AvgIpc) is 2.99. The first-order chi connectivity index (χ1) is 9.79. The van der Waals surface area contributed by atoms with E-state index in [-0.39, 0.29) is 0 Å². The Morgan fingerprint density at radius 1 is 1.30 bits per heavy atom. The highest BCUT2D eigenvalue weighted by atomic mass is 15.2. The second-order valence-corrected chi connectivity index (χ2v) is 5.52. The topological polar surface area (TPSA) is 44.3 Å². The van der Waals surface area contributed by atoms with Crippen LogP contribution in [0.5, 0.6) is 0 Å². The quantitative estimate of drug-likeness (QED) is 0.730. The van der Waals surface area contributed by atoms with E-state index in [4.69, 9.17) is 0 Å². The molecule has 1 aliphatic heterocycles. The van der Waals surface area contributed by atoms with Gasteiger partial charge in [-0.15, -0.1) is 0 Å². The number of rotatable bonds is 8. The first-order valence-corrected chi connectivity index (χ1v) is 7.74. The van der Waals surface area contributed by atoms with Gasteiger partial charge in [-0.25, -0.2) is 4.98 Å². The summed E-state index contributed by atoms with van der Waals surface area (Å²) < 4.78 is 0. The van der Waals surface area contributed by atoms with Crippen molar-refractivity contribution in [3.05, 3.63) is 18.1 Å². The van der Waals surface area contributed by atoms with Crippen molar-refractivity contribution in [3.8, 4) is 0 Å². The van der Waals surface area contributed by atoms with Crippen molar-refractivity contribution in [2.45, 2.75) is 32.7 Å². The molecule has 112 valence electrons. The monoisotopic (exact) mass is 277 g/mol. The fraction of sp³-hybridized carbons (Fsp3) is 0.733. The number of likely N-dealkylation sites (tertiary alicyclic amines) is 1. The summed E-state index contributed by atoms with van der Waals surface area (Å²) in [7, 11) is 2.10. The molecule has 1 aromatic rings. The third-order valence-corrected chi connectivity index (χ3v) is 3.75. The van der Waals surface area contributed by atoms with Gasteiger partial charge in [0, 0.05) is 32.9 Å². The Hall–Kier alpha value is -1.20. The van der Waals surface area contributed by atoms with Crippen LogP contribution in [0.25, 0.3) is 0 Å². The summed E-state index contributed by atoms with van der Waals surface area (Å²) in [6, 6.07) is 0. The third-order valence-electron chi connectivity index (χ3n) is 3.75. The van der Waals surface area contributed by atoms with Crippen LogP contribution in [0.1, 0.15) is 31.9 Å². The van der Waals surface area contributed by atoms with Crippen molar-refractivity contribution in [2.24, 2.45) is 0 Å². The molecule has 1 aromatic heterocycles. The van der Waals surface area contributed by atoms with Crippen LogP contribution in [0.4, 0.5) is 5.82 Å². The first kappa shape index (κ1) is 15.2. The summed E-state index contributed by atoms with van der Waals surface area (Å²) in [6.07, 6.45) is 7.54. The molecule has 0 spiro atoms. The van der Waals surface area contributed by atoms with Gasteiger partial charge in [-0.1, -0.05) is 6.92 Å². The Balaban J connectivity index is 1.81. The summed E-state index contributed by atoms with van der Waals surface area (Å²) in [5.74, 6) is 0.972. The molecular formula is C15H27N5. The highest BCUT2D eigenvalue weighted by Gasteiger charge is 2.12. The van der Waals surface area contributed by atoms with E-state index < -0.39 is 0 Å². The molecular weight excluding hydrogens is 250 g/mol. The van der Waals surface area contributed by atoms with Crippen LogP contribution in [0.15, 0.2) is 12.4 Å². The highest BCUT2D eigenvalue weighted by molar-refractivity contribution is 5.35. The third kappa shape index (κ3) is 4.72. The van der Waals surface area contributed by atoms with Gasteiger partial charge in [-0.2, -0.15) is 0 Å². The maximum atomic E-state index is 4.67. The normalized spacial score (nSPS) is 15.7. The summed E-state index contributed by atoms with van der Waals surface area (Å²) in [5.41, 5.74) is 1.02. The predicted octanol–water partition coefficient (Wildman–Crippen LogP) is 1.51. The van der Waals surface area contributed by atoms with E-state index in [0.29, 0.717) is 0 Å². The molecule has 2 heterocycles. The molecule has 5 nitrogen and oxygen atoms in total. The lowest BCUT2D eigenvalue weighted by molar-refractivity contribution is 0.346. The van der Waals surface area contributed by atoms with E-state index in [1.54, 1.807) is 0 Å². The van der Waals surface area contributed by atoms with Gasteiger partial charge in [0.1, 0.15) is 5.82 Å². The Morgan fingerprint density at radius 3 is 2.85 bits per heavy atom. The van der Waals surface area contributed by atoms with Crippen molar-refractivity contribution >= 4 is 5.82 Å². The highest BCUT2D eigenvalue weighted by Crippen LogP contribution is 2.10. The van der Waals surface area contributed by atoms with Gasteiger partial charge in [0.15, 0.2) is 0 Å². The lowest BCUT2D eigenvalue weighted by Gasteiger charge is -2.22. The zero-order chi connectivity index (χ0) is 14.2. The fourth-order valence-corrected chi connectivity index (χ4v) is 2.47. The average molecular weight is 277 g/mol. The van der Waals surface area contributed by atoms with Crippen LogP contribution in [0, 0.1) is 0 Å². The van der Waals surface area contributed by atoms with Gasteiger partial charge in [-0.3, -0.25) is 4.98 Å². The van der Waals surface area contributed by atoms with Gasteiger partial charge in [0.2, 0.25) is 0 Å². The molecule has 0 atom stereocenters. The number of aromatic nitrogens is 2. The Labute approximate surface area is 122 Å². The number of nitrogens with one attached hydrogen (secondary N) is 1. The number of hydrogen-bond donors (Lipinski definition) is 1. The molecule has 1 fully saturated rings. The Bertz CT molecular complexity index is 390. The van der Waals surface area contributed by atoms with Gasteiger partial charge >= 0.3 is 0 Å². The number of hydrogen-bond acceptors (Lipinski definition) is 5. The van der Waals surface area contributed by atoms with Crippen LogP contribution in [0.3, 0.4) is 0 Å². The number of nitrogens with zero attached hydrogens (tertiary/aromatic N) is 4. The molecule has 0 amide bonds. The molecule has 1 saturated heterocycles. The Kier molecular flexibility index (Phi) is 6.21. The van der Waals surface area contributed by atoms with E-state index in [2.05, 4.69) is 39.1 Å². The van der Waals surface area contributed by atoms with E-state index in [1.165, 1.54) is 25.9 Å². The maximum absolute atomic E-state index is 4.67. The second kappa shape index (κ2) is 8.17. The minimum absolute atomic E-state index is 0.800. The van der Waals surface area contributed by atoms with E-state index in [0.717, 1.165) is 44.1 Å². The minimum atomic E-state index is 0.800. The van der Waals surface area contributed by atoms with E-state index >= 15 is 0 Å². The van der Waals surface area contributed by atoms with E-state index in [9.17, 15) is 0 Å². The summed E-state index contributed by atoms with van der Waals surface area (Å²) >= 11 is 0. The minimum Gasteiger partial charge on any atom is -0.357 e. The van der Waals surface area contributed by atoms with Crippen LogP contribution in [0.2, 0.25) is 0 Å². The molecule has 0 aromatic carbocycles. The SMILES string of the molecule is CCCNCc1cncc(N(C)CCN2CCCC2)n1. The summed E-state index contributed by atoms with van der Waals surface area (Å²) in [4.78, 5) is 13.7. The molecule has 0 saturated carbocycles. The van der Waals surface area contributed by atoms with Gasteiger partial charge < -0.3 is 15.1 Å². The second-order valence-electron chi connectivity index (χ2n) is 5.52. The molecule has 2 rings (SSSR count). The fourth-order valence-electron chi connectivity index (χ4n) is 2.47. The van der Waals surface area contributed by atoms with Crippen molar-refractivity contribution < 1.29 is 0 Å². The number of anilines is 1. The standard InChI is InChI=1S/C15H27N5/c1-3-6-16-11-14-12-17-13-15(18-14)19(2)9-10-20-7-4-5-8-20/h12-13,16H,3-11H2,1-2H3. The smallest absolute Gasteiger partial charge is 0.147 e. The first-order valence-electron chi connectivity index (χ1n) is 7.74. The Morgan fingerprint density at radius 2 is 2.10 bits per heavy atom. The molecule has 5 heteroatoms. The van der Waals surface area contributed by atoms with Crippen molar-refractivity contribution in [1.82, 2.24) is 20.2 Å². The molecule has 20 heavy (non-hydrogen) atoms. The molecule has 1 aliphatic rings. The van der Waals surface area contributed by atoms with Gasteiger partial charge in [-0.05, 0) is 38.9 Å². The van der Waals surface area contributed by atoms with Crippen LogP contribution in [-0.4, -0.2) is 54.6 Å². The van der Waals surface area contributed by atoms with Crippen LogP contribution >= 0.6 is 0 Å². The molecule has 1 N–H and O–H groups in total. The van der Waals surface area contributed by atoms with Crippen molar-refractivity contribution in [3.63, 3.8) is 0 Å². The lowest BCUT2D eigenvalue weighted by atomic mass is 10.4. The maximum Gasteiger partial charge on any atom is 0.147 e. The largest absolute Gasteiger partial charge is 0.357 e.